The second-order valence-corrected chi connectivity index (χ2v) is 2.54. The Labute approximate surface area is 70.7 Å². The molecule has 3 aromatic heterocycles. The fraction of sp³-hybridized carbons (Fsp3) is 0. The minimum absolute atomic E-state index is 0.396. The Balaban J connectivity index is 2.59. The highest BCUT2D eigenvalue weighted by Crippen LogP contribution is 2.15. The SMILES string of the molecule is Nc1n[nH]c2nn3nnnc3cc12. The summed E-state index contributed by atoms with van der Waals surface area (Å²) >= 11 is 0. The fourth-order valence-electron chi connectivity index (χ4n) is 1.14. The lowest BCUT2D eigenvalue weighted by molar-refractivity contribution is 0.741. The minimum atomic E-state index is 0.396. The summed E-state index contributed by atoms with van der Waals surface area (Å²) in [7, 11) is 0. The predicted octanol–water partition coefficient (Wildman–Crippen LogP) is -1.02. The molecular formula is C5H4N8. The van der Waals surface area contributed by atoms with E-state index in [1.807, 2.05) is 0 Å². The van der Waals surface area contributed by atoms with Crippen LogP contribution >= 0.6 is 0 Å². The van der Waals surface area contributed by atoms with Gasteiger partial charge in [0, 0.05) is 6.07 Å². The van der Waals surface area contributed by atoms with E-state index in [2.05, 4.69) is 30.8 Å². The molecule has 0 aliphatic heterocycles. The average molecular weight is 176 g/mol. The van der Waals surface area contributed by atoms with E-state index in [9.17, 15) is 0 Å². The topological polar surface area (TPSA) is 111 Å². The van der Waals surface area contributed by atoms with Crippen molar-refractivity contribution >= 4 is 22.5 Å². The monoisotopic (exact) mass is 176 g/mol. The van der Waals surface area contributed by atoms with E-state index < -0.39 is 0 Å². The van der Waals surface area contributed by atoms with Crippen LogP contribution < -0.4 is 5.73 Å². The molecule has 0 amide bonds. The summed E-state index contributed by atoms with van der Waals surface area (Å²) < 4.78 is 1.31. The van der Waals surface area contributed by atoms with Crippen molar-refractivity contribution in [3.63, 3.8) is 0 Å². The van der Waals surface area contributed by atoms with E-state index in [0.717, 1.165) is 5.39 Å². The first-order chi connectivity index (χ1) is 6.34. The van der Waals surface area contributed by atoms with Gasteiger partial charge in [-0.15, -0.1) is 14.8 Å². The first-order valence-corrected chi connectivity index (χ1v) is 3.53. The van der Waals surface area contributed by atoms with Gasteiger partial charge in [0.05, 0.1) is 5.39 Å². The lowest BCUT2D eigenvalue weighted by Gasteiger charge is -1.88. The molecule has 0 atom stereocenters. The maximum atomic E-state index is 5.58. The zero-order valence-electron chi connectivity index (χ0n) is 6.34. The van der Waals surface area contributed by atoms with Crippen LogP contribution in [0.5, 0.6) is 0 Å². The van der Waals surface area contributed by atoms with Crippen LogP contribution in [0.2, 0.25) is 0 Å². The molecule has 8 nitrogen and oxygen atoms in total. The van der Waals surface area contributed by atoms with Gasteiger partial charge in [-0.1, -0.05) is 0 Å². The smallest absolute Gasteiger partial charge is 0.200 e. The van der Waals surface area contributed by atoms with Gasteiger partial charge in [0.1, 0.15) is 0 Å². The Morgan fingerprint density at radius 3 is 3.31 bits per heavy atom. The molecule has 13 heavy (non-hydrogen) atoms. The summed E-state index contributed by atoms with van der Waals surface area (Å²) in [5, 5.41) is 22.1. The average Bonchev–Trinajstić information content (AvgIpc) is 2.70. The fourth-order valence-corrected chi connectivity index (χ4v) is 1.14. The zero-order chi connectivity index (χ0) is 8.84. The summed E-state index contributed by atoms with van der Waals surface area (Å²) in [6.45, 7) is 0. The molecule has 0 saturated carbocycles. The Morgan fingerprint density at radius 1 is 1.46 bits per heavy atom. The molecule has 3 N–H and O–H groups in total. The largest absolute Gasteiger partial charge is 0.382 e. The third-order valence-electron chi connectivity index (χ3n) is 1.76. The van der Waals surface area contributed by atoms with E-state index in [4.69, 9.17) is 5.73 Å². The van der Waals surface area contributed by atoms with Crippen LogP contribution in [0.15, 0.2) is 6.07 Å². The summed E-state index contributed by atoms with van der Waals surface area (Å²) in [6.07, 6.45) is 0. The first-order valence-electron chi connectivity index (χ1n) is 3.53. The number of fused-ring (bicyclic) bond motifs is 2. The van der Waals surface area contributed by atoms with Gasteiger partial charge in [0.15, 0.2) is 11.5 Å². The highest BCUT2D eigenvalue weighted by Gasteiger charge is 2.06. The minimum Gasteiger partial charge on any atom is -0.382 e. The van der Waals surface area contributed by atoms with Crippen LogP contribution in [0.3, 0.4) is 0 Å². The number of nitrogens with two attached hydrogens (primary N) is 1. The molecule has 8 heteroatoms. The molecule has 3 heterocycles. The highest BCUT2D eigenvalue weighted by molar-refractivity contribution is 5.87. The van der Waals surface area contributed by atoms with Crippen molar-refractivity contribution in [1.29, 1.82) is 0 Å². The van der Waals surface area contributed by atoms with Gasteiger partial charge in [0.25, 0.3) is 0 Å². The van der Waals surface area contributed by atoms with Gasteiger partial charge in [-0.25, -0.2) is 0 Å². The zero-order valence-corrected chi connectivity index (χ0v) is 6.34. The second kappa shape index (κ2) is 1.91. The number of hydrogen-bond acceptors (Lipinski definition) is 6. The molecule has 0 spiro atoms. The Bertz CT molecular complexity index is 576. The van der Waals surface area contributed by atoms with E-state index in [1.54, 1.807) is 6.07 Å². The van der Waals surface area contributed by atoms with Gasteiger partial charge in [-0.3, -0.25) is 5.10 Å². The van der Waals surface area contributed by atoms with Crippen LogP contribution in [0.4, 0.5) is 5.82 Å². The number of tetrazole rings is 1. The number of nitrogen functional groups attached to an aromatic ring is 1. The molecule has 0 aliphatic carbocycles. The number of nitrogens with one attached hydrogen (secondary N) is 1. The number of hydrogen-bond donors (Lipinski definition) is 2. The van der Waals surface area contributed by atoms with Gasteiger partial charge in [0.2, 0.25) is 5.65 Å². The van der Waals surface area contributed by atoms with Crippen molar-refractivity contribution in [2.75, 3.05) is 5.73 Å². The third kappa shape index (κ3) is 0.708. The Hall–Kier alpha value is -2.25. The van der Waals surface area contributed by atoms with Crippen molar-refractivity contribution in [1.82, 2.24) is 35.5 Å². The number of aromatic amines is 1. The molecule has 3 rings (SSSR count). The number of rotatable bonds is 0. The maximum Gasteiger partial charge on any atom is 0.200 e. The van der Waals surface area contributed by atoms with Crippen LogP contribution in [0, 0.1) is 0 Å². The Morgan fingerprint density at radius 2 is 2.38 bits per heavy atom. The molecule has 0 aliphatic rings. The lowest BCUT2D eigenvalue weighted by Crippen LogP contribution is -1.94. The van der Waals surface area contributed by atoms with Crippen molar-refractivity contribution in [3.05, 3.63) is 6.07 Å². The summed E-state index contributed by atoms with van der Waals surface area (Å²) in [5.74, 6) is 0.396. The Kier molecular flexibility index (Phi) is 0.925. The molecule has 0 aromatic carbocycles. The van der Waals surface area contributed by atoms with Crippen molar-refractivity contribution < 1.29 is 0 Å². The van der Waals surface area contributed by atoms with Gasteiger partial charge in [-0.2, -0.15) is 5.10 Å². The highest BCUT2D eigenvalue weighted by atomic mass is 15.6. The van der Waals surface area contributed by atoms with Crippen molar-refractivity contribution in [3.8, 4) is 0 Å². The third-order valence-corrected chi connectivity index (χ3v) is 1.76. The van der Waals surface area contributed by atoms with Gasteiger partial charge >= 0.3 is 0 Å². The van der Waals surface area contributed by atoms with E-state index in [0.29, 0.717) is 17.1 Å². The number of nitrogens with zero attached hydrogens (tertiary/aromatic N) is 6. The standard InChI is InChI=1S/C5H4N8/c6-4-2-1-3-7-11-12-13(3)10-5(2)9-8-4/h1H,(H2,6,8)(H,9,10). The molecule has 0 bridgehead atoms. The number of aromatic nitrogens is 7. The van der Waals surface area contributed by atoms with Crippen molar-refractivity contribution in [2.45, 2.75) is 0 Å². The molecule has 0 unspecified atom stereocenters. The summed E-state index contributed by atoms with van der Waals surface area (Å²) in [4.78, 5) is 0. The summed E-state index contributed by atoms with van der Waals surface area (Å²) in [6, 6.07) is 1.72. The molecule has 0 fully saturated rings. The first kappa shape index (κ1) is 6.29. The normalized spacial score (nSPS) is 11.4. The quantitative estimate of drug-likeness (QED) is 0.453. The molecule has 64 valence electrons. The van der Waals surface area contributed by atoms with Gasteiger partial charge < -0.3 is 5.73 Å². The van der Waals surface area contributed by atoms with Crippen LogP contribution in [0.25, 0.3) is 16.7 Å². The van der Waals surface area contributed by atoms with Crippen molar-refractivity contribution in [2.24, 2.45) is 0 Å². The van der Waals surface area contributed by atoms with Crippen LogP contribution in [-0.2, 0) is 0 Å². The number of H-pyrrole nitrogens is 1. The van der Waals surface area contributed by atoms with E-state index in [-0.39, 0.29) is 0 Å². The second-order valence-electron chi connectivity index (χ2n) is 2.54. The van der Waals surface area contributed by atoms with E-state index >= 15 is 0 Å². The maximum absolute atomic E-state index is 5.58. The molecule has 3 aromatic rings. The van der Waals surface area contributed by atoms with Gasteiger partial charge in [-0.05, 0) is 10.4 Å². The van der Waals surface area contributed by atoms with Crippen LogP contribution in [-0.4, -0.2) is 35.5 Å². The molecule has 0 saturated heterocycles. The van der Waals surface area contributed by atoms with E-state index in [1.165, 1.54) is 4.63 Å². The predicted molar refractivity (Wildman–Crippen MR) is 42.6 cm³/mol. The number of anilines is 1. The lowest BCUT2D eigenvalue weighted by atomic mass is 10.4. The van der Waals surface area contributed by atoms with Crippen LogP contribution in [0.1, 0.15) is 0 Å². The molecular weight excluding hydrogens is 172 g/mol. The summed E-state index contributed by atoms with van der Waals surface area (Å²) in [5.41, 5.74) is 6.68. The molecule has 0 radical (unpaired) electrons.